The number of carbonyl (C=O) groups is 1. The Hall–Kier alpha value is -1.44. The number of nitrogen functional groups attached to an aromatic ring is 1. The molecule has 1 heterocycles. The van der Waals surface area contributed by atoms with E-state index < -0.39 is 0 Å². The van der Waals surface area contributed by atoms with Gasteiger partial charge >= 0.3 is 0 Å². The largest absolute Gasteiger partial charge is 0.337 e. The number of pyridine rings is 1. The van der Waals surface area contributed by atoms with Gasteiger partial charge in [0.15, 0.2) is 5.82 Å². The van der Waals surface area contributed by atoms with E-state index in [2.05, 4.69) is 42.3 Å². The first kappa shape index (κ1) is 15.9. The molecule has 0 aliphatic heterocycles. The topological polar surface area (TPSA) is 71.2 Å². The molecule has 21 heavy (non-hydrogen) atoms. The molecule has 0 saturated heterocycles. The van der Waals surface area contributed by atoms with Gasteiger partial charge in [-0.3, -0.25) is 4.79 Å². The van der Waals surface area contributed by atoms with Gasteiger partial charge < -0.3 is 10.3 Å². The van der Waals surface area contributed by atoms with Gasteiger partial charge in [0.1, 0.15) is 0 Å². The second kappa shape index (κ2) is 7.02. The highest BCUT2D eigenvalue weighted by Crippen LogP contribution is 2.21. The van der Waals surface area contributed by atoms with E-state index in [1.165, 1.54) is 0 Å². The van der Waals surface area contributed by atoms with E-state index in [-0.39, 0.29) is 5.91 Å². The van der Waals surface area contributed by atoms with Crippen molar-refractivity contribution in [1.29, 1.82) is 0 Å². The molecule has 0 atom stereocenters. The van der Waals surface area contributed by atoms with Gasteiger partial charge in [0, 0.05) is 28.7 Å². The van der Waals surface area contributed by atoms with E-state index in [1.807, 2.05) is 24.3 Å². The summed E-state index contributed by atoms with van der Waals surface area (Å²) in [6, 6.07) is 9.48. The number of hydrazine groups is 1. The van der Waals surface area contributed by atoms with E-state index in [0.29, 0.717) is 17.9 Å². The second-order valence-electron chi connectivity index (χ2n) is 4.45. The Labute approximate surface area is 139 Å². The van der Waals surface area contributed by atoms with Crippen molar-refractivity contribution in [2.75, 3.05) is 12.5 Å². The molecule has 0 radical (unpaired) electrons. The van der Waals surface area contributed by atoms with Crippen LogP contribution in [0.1, 0.15) is 15.9 Å². The maximum Gasteiger partial charge on any atom is 0.257 e. The predicted molar refractivity (Wildman–Crippen MR) is 89.7 cm³/mol. The number of halogens is 2. The molecule has 0 aliphatic carbocycles. The lowest BCUT2D eigenvalue weighted by Gasteiger charge is -2.19. The van der Waals surface area contributed by atoms with Crippen molar-refractivity contribution in [2.45, 2.75) is 6.54 Å². The zero-order chi connectivity index (χ0) is 15.4. The summed E-state index contributed by atoms with van der Waals surface area (Å²) in [5, 5.41) is 0. The minimum Gasteiger partial charge on any atom is -0.337 e. The summed E-state index contributed by atoms with van der Waals surface area (Å²) in [6.45, 7) is 0.483. The first-order valence-corrected chi connectivity index (χ1v) is 7.72. The predicted octanol–water partition coefficient (Wildman–Crippen LogP) is 3.16. The van der Waals surface area contributed by atoms with Crippen LogP contribution in [0.5, 0.6) is 0 Å². The number of hydrogen-bond acceptors (Lipinski definition) is 4. The zero-order valence-corrected chi connectivity index (χ0v) is 14.5. The summed E-state index contributed by atoms with van der Waals surface area (Å²) >= 11 is 6.79. The third-order valence-corrected chi connectivity index (χ3v) is 4.14. The van der Waals surface area contributed by atoms with Crippen LogP contribution in [-0.2, 0) is 6.54 Å². The lowest BCUT2D eigenvalue weighted by Crippen LogP contribution is -2.28. The Kier molecular flexibility index (Phi) is 5.33. The molecule has 1 aromatic heterocycles. The van der Waals surface area contributed by atoms with Crippen LogP contribution in [0.15, 0.2) is 45.5 Å². The van der Waals surface area contributed by atoms with Gasteiger partial charge in [-0.05, 0) is 33.6 Å². The van der Waals surface area contributed by atoms with Crippen LogP contribution < -0.4 is 11.3 Å². The van der Waals surface area contributed by atoms with Crippen LogP contribution in [0.3, 0.4) is 0 Å². The highest BCUT2D eigenvalue weighted by Gasteiger charge is 2.18. The Bertz CT molecular complexity index is 663. The summed E-state index contributed by atoms with van der Waals surface area (Å²) in [7, 11) is 1.74. The van der Waals surface area contributed by atoms with E-state index in [0.717, 1.165) is 14.5 Å². The van der Waals surface area contributed by atoms with Crippen molar-refractivity contribution in [3.63, 3.8) is 0 Å². The van der Waals surface area contributed by atoms with Crippen LogP contribution in [-0.4, -0.2) is 22.8 Å². The van der Waals surface area contributed by atoms with E-state index in [1.54, 1.807) is 24.2 Å². The van der Waals surface area contributed by atoms with Crippen molar-refractivity contribution in [1.82, 2.24) is 9.88 Å². The number of hydrogen-bond donors (Lipinski definition) is 2. The van der Waals surface area contributed by atoms with Gasteiger partial charge in [-0.15, -0.1) is 0 Å². The van der Waals surface area contributed by atoms with Crippen LogP contribution in [0, 0.1) is 0 Å². The Morgan fingerprint density at radius 3 is 2.76 bits per heavy atom. The molecule has 2 aromatic rings. The SMILES string of the molecule is CN(Cc1ccccc1Br)C(=O)c1cc(Br)cnc1NN. The van der Waals surface area contributed by atoms with E-state index >= 15 is 0 Å². The minimum absolute atomic E-state index is 0.160. The average molecular weight is 414 g/mol. The molecule has 1 amide bonds. The number of amides is 1. The quantitative estimate of drug-likeness (QED) is 0.596. The Balaban J connectivity index is 2.24. The molecule has 2 rings (SSSR count). The molecule has 0 aliphatic rings. The number of anilines is 1. The van der Waals surface area contributed by atoms with Crippen LogP contribution >= 0.6 is 31.9 Å². The molecule has 1 aromatic carbocycles. The summed E-state index contributed by atoms with van der Waals surface area (Å²) in [4.78, 5) is 18.2. The number of benzene rings is 1. The molecule has 0 bridgehead atoms. The lowest BCUT2D eigenvalue weighted by atomic mass is 10.2. The monoisotopic (exact) mass is 412 g/mol. The zero-order valence-electron chi connectivity index (χ0n) is 11.3. The fourth-order valence-electron chi connectivity index (χ4n) is 1.88. The molecule has 0 fully saturated rings. The van der Waals surface area contributed by atoms with Gasteiger partial charge in [0.05, 0.1) is 5.56 Å². The number of rotatable bonds is 4. The standard InChI is InChI=1S/C14H14Br2N4O/c1-20(8-9-4-2-3-5-12(9)16)14(21)11-6-10(15)7-18-13(11)19-17/h2-7H,8,17H2,1H3,(H,18,19). The van der Waals surface area contributed by atoms with E-state index in [9.17, 15) is 4.79 Å². The highest BCUT2D eigenvalue weighted by atomic mass is 79.9. The number of aromatic nitrogens is 1. The fourth-order valence-corrected chi connectivity index (χ4v) is 2.62. The van der Waals surface area contributed by atoms with Crippen LogP contribution in [0.2, 0.25) is 0 Å². The number of carbonyl (C=O) groups excluding carboxylic acids is 1. The molecule has 0 unspecified atom stereocenters. The third kappa shape index (κ3) is 3.81. The normalized spacial score (nSPS) is 10.3. The van der Waals surface area contributed by atoms with E-state index in [4.69, 9.17) is 5.84 Å². The molecular formula is C14H14Br2N4O. The minimum atomic E-state index is -0.160. The maximum atomic E-state index is 12.5. The number of nitrogens with zero attached hydrogens (tertiary/aromatic N) is 2. The Morgan fingerprint density at radius 1 is 1.38 bits per heavy atom. The molecule has 0 saturated carbocycles. The van der Waals surface area contributed by atoms with Gasteiger partial charge in [-0.2, -0.15) is 0 Å². The van der Waals surface area contributed by atoms with Gasteiger partial charge in [-0.1, -0.05) is 34.1 Å². The molecule has 0 spiro atoms. The first-order valence-electron chi connectivity index (χ1n) is 6.14. The van der Waals surface area contributed by atoms with Crippen molar-refractivity contribution >= 4 is 43.6 Å². The smallest absolute Gasteiger partial charge is 0.257 e. The summed E-state index contributed by atoms with van der Waals surface area (Å²) in [5.41, 5.74) is 3.89. The number of nitrogens with one attached hydrogen (secondary N) is 1. The Morgan fingerprint density at radius 2 is 2.10 bits per heavy atom. The van der Waals surface area contributed by atoms with Crippen molar-refractivity contribution in [3.05, 3.63) is 56.6 Å². The van der Waals surface area contributed by atoms with Gasteiger partial charge in [-0.25, -0.2) is 10.8 Å². The maximum absolute atomic E-state index is 12.5. The summed E-state index contributed by atoms with van der Waals surface area (Å²) < 4.78 is 1.69. The number of nitrogens with two attached hydrogens (primary N) is 1. The summed E-state index contributed by atoms with van der Waals surface area (Å²) in [5.74, 6) is 5.60. The van der Waals surface area contributed by atoms with Crippen molar-refractivity contribution in [3.8, 4) is 0 Å². The molecule has 3 N–H and O–H groups in total. The molecule has 110 valence electrons. The third-order valence-electron chi connectivity index (χ3n) is 2.93. The van der Waals surface area contributed by atoms with Gasteiger partial charge in [0.25, 0.3) is 5.91 Å². The molecular weight excluding hydrogens is 400 g/mol. The van der Waals surface area contributed by atoms with Gasteiger partial charge in [0.2, 0.25) is 0 Å². The molecule has 7 heteroatoms. The summed E-state index contributed by atoms with van der Waals surface area (Å²) in [6.07, 6.45) is 1.58. The van der Waals surface area contributed by atoms with Crippen molar-refractivity contribution < 1.29 is 4.79 Å². The first-order chi connectivity index (χ1) is 10.0. The average Bonchev–Trinajstić information content (AvgIpc) is 2.48. The van der Waals surface area contributed by atoms with Crippen LogP contribution in [0.25, 0.3) is 0 Å². The second-order valence-corrected chi connectivity index (χ2v) is 6.22. The van der Waals surface area contributed by atoms with Crippen molar-refractivity contribution in [2.24, 2.45) is 5.84 Å². The fraction of sp³-hybridized carbons (Fsp3) is 0.143. The lowest BCUT2D eigenvalue weighted by molar-refractivity contribution is 0.0785. The van der Waals surface area contributed by atoms with Crippen LogP contribution in [0.4, 0.5) is 5.82 Å². The highest BCUT2D eigenvalue weighted by molar-refractivity contribution is 9.10. The molecule has 5 nitrogen and oxygen atoms in total.